The van der Waals surface area contributed by atoms with Crippen LogP contribution in [0.2, 0.25) is 0 Å². The van der Waals surface area contributed by atoms with Gasteiger partial charge in [-0.15, -0.1) is 0 Å². The first-order valence-electron chi connectivity index (χ1n) is 6.30. The van der Waals surface area contributed by atoms with E-state index in [0.717, 1.165) is 25.3 Å². The zero-order valence-electron chi connectivity index (χ0n) is 11.0. The van der Waals surface area contributed by atoms with Crippen molar-refractivity contribution in [1.29, 1.82) is 5.26 Å². The van der Waals surface area contributed by atoms with E-state index in [2.05, 4.69) is 5.32 Å². The molecule has 0 aliphatic rings. The molecule has 0 radical (unpaired) electrons. The van der Waals surface area contributed by atoms with Crippen LogP contribution >= 0.6 is 0 Å². The van der Waals surface area contributed by atoms with Crippen LogP contribution in [-0.2, 0) is 6.18 Å². The predicted octanol–water partition coefficient (Wildman–Crippen LogP) is 4.57. The maximum atomic E-state index is 13.0. The first-order chi connectivity index (χ1) is 8.92. The molecule has 2 nitrogen and oxygen atoms in total. The Kier molecular flexibility index (Phi) is 5.22. The summed E-state index contributed by atoms with van der Waals surface area (Å²) in [6, 6.07) is 5.37. The lowest BCUT2D eigenvalue weighted by atomic mass is 10.1. The van der Waals surface area contributed by atoms with Crippen molar-refractivity contribution in [3.05, 3.63) is 29.3 Å². The van der Waals surface area contributed by atoms with Crippen LogP contribution in [-0.4, -0.2) is 6.04 Å². The number of anilines is 1. The highest BCUT2D eigenvalue weighted by atomic mass is 19.4. The summed E-state index contributed by atoms with van der Waals surface area (Å²) in [5.41, 5.74) is -0.714. The molecule has 0 aliphatic carbocycles. The van der Waals surface area contributed by atoms with E-state index < -0.39 is 11.7 Å². The van der Waals surface area contributed by atoms with E-state index in [1.807, 2.05) is 13.8 Å². The summed E-state index contributed by atoms with van der Waals surface area (Å²) in [7, 11) is 0. The van der Waals surface area contributed by atoms with Crippen molar-refractivity contribution in [2.45, 2.75) is 45.3 Å². The summed E-state index contributed by atoms with van der Waals surface area (Å²) in [6.45, 7) is 3.93. The molecule has 0 spiro atoms. The van der Waals surface area contributed by atoms with Crippen molar-refractivity contribution in [1.82, 2.24) is 0 Å². The van der Waals surface area contributed by atoms with Gasteiger partial charge in [-0.2, -0.15) is 18.4 Å². The Morgan fingerprint density at radius 3 is 2.47 bits per heavy atom. The van der Waals surface area contributed by atoms with E-state index in [0.29, 0.717) is 0 Å². The molecular weight excluding hydrogens is 253 g/mol. The summed E-state index contributed by atoms with van der Waals surface area (Å²) in [5.74, 6) is 0. The molecule has 5 heteroatoms. The van der Waals surface area contributed by atoms with Gasteiger partial charge in [0.1, 0.15) is 0 Å². The molecule has 1 aromatic carbocycles. The van der Waals surface area contributed by atoms with E-state index in [9.17, 15) is 13.2 Å². The average molecular weight is 270 g/mol. The van der Waals surface area contributed by atoms with Crippen LogP contribution < -0.4 is 5.32 Å². The number of nitrogens with one attached hydrogen (secondary N) is 1. The van der Waals surface area contributed by atoms with Gasteiger partial charge < -0.3 is 5.32 Å². The fourth-order valence-electron chi connectivity index (χ4n) is 1.92. The van der Waals surface area contributed by atoms with Crippen molar-refractivity contribution in [3.8, 4) is 6.07 Å². The molecule has 1 N–H and O–H groups in total. The molecule has 0 bridgehead atoms. The predicted molar refractivity (Wildman–Crippen MR) is 68.8 cm³/mol. The molecule has 0 saturated carbocycles. The molecule has 0 saturated heterocycles. The molecule has 0 fully saturated rings. The van der Waals surface area contributed by atoms with Gasteiger partial charge >= 0.3 is 6.18 Å². The molecule has 1 unspecified atom stereocenters. The van der Waals surface area contributed by atoms with Gasteiger partial charge in [-0.25, -0.2) is 0 Å². The van der Waals surface area contributed by atoms with Crippen LogP contribution in [0.15, 0.2) is 18.2 Å². The fraction of sp³-hybridized carbons (Fsp3) is 0.500. The Balaban J connectivity index is 3.09. The molecule has 0 aliphatic heterocycles. The minimum absolute atomic E-state index is 0.0130. The third kappa shape index (κ3) is 4.16. The van der Waals surface area contributed by atoms with Gasteiger partial charge in [0.25, 0.3) is 0 Å². The number of nitriles is 1. The van der Waals surface area contributed by atoms with Gasteiger partial charge in [0.05, 0.1) is 17.2 Å². The van der Waals surface area contributed by atoms with E-state index >= 15 is 0 Å². The first-order valence-corrected chi connectivity index (χ1v) is 6.30. The van der Waals surface area contributed by atoms with E-state index in [-0.39, 0.29) is 17.3 Å². The Morgan fingerprint density at radius 2 is 2.00 bits per heavy atom. The number of rotatable bonds is 5. The molecule has 104 valence electrons. The topological polar surface area (TPSA) is 35.8 Å². The van der Waals surface area contributed by atoms with E-state index in [1.165, 1.54) is 12.1 Å². The standard InChI is InChI=1S/C14H17F3N2/c1-3-5-11(4-2)19-13-7-6-10(9-18)8-12(13)14(15,16)17/h6-8,11,19H,3-5H2,1-2H3. The lowest BCUT2D eigenvalue weighted by molar-refractivity contribution is -0.137. The number of halogens is 3. The third-order valence-electron chi connectivity index (χ3n) is 2.94. The van der Waals surface area contributed by atoms with Gasteiger partial charge in [0.2, 0.25) is 0 Å². The maximum absolute atomic E-state index is 13.0. The van der Waals surface area contributed by atoms with Gasteiger partial charge in [-0.1, -0.05) is 20.3 Å². The van der Waals surface area contributed by atoms with Gasteiger partial charge in [0, 0.05) is 11.7 Å². The first kappa shape index (κ1) is 15.4. The smallest absolute Gasteiger partial charge is 0.382 e. The van der Waals surface area contributed by atoms with Crippen molar-refractivity contribution in [2.75, 3.05) is 5.32 Å². The SMILES string of the molecule is CCCC(CC)Nc1ccc(C#N)cc1C(F)(F)F. The number of alkyl halides is 3. The minimum Gasteiger partial charge on any atom is -0.382 e. The molecule has 0 heterocycles. The van der Waals surface area contributed by atoms with Gasteiger partial charge in [-0.3, -0.25) is 0 Å². The number of nitrogens with zero attached hydrogens (tertiary/aromatic N) is 1. The highest BCUT2D eigenvalue weighted by Gasteiger charge is 2.34. The molecule has 0 amide bonds. The molecule has 19 heavy (non-hydrogen) atoms. The van der Waals surface area contributed by atoms with Crippen LogP contribution in [0, 0.1) is 11.3 Å². The van der Waals surface area contributed by atoms with Crippen LogP contribution in [0.5, 0.6) is 0 Å². The van der Waals surface area contributed by atoms with Crippen molar-refractivity contribution in [3.63, 3.8) is 0 Å². The lowest BCUT2D eigenvalue weighted by Gasteiger charge is -2.21. The quantitative estimate of drug-likeness (QED) is 0.850. The summed E-state index contributed by atoms with van der Waals surface area (Å²) >= 11 is 0. The van der Waals surface area contributed by atoms with Crippen LogP contribution in [0.1, 0.15) is 44.2 Å². The average Bonchev–Trinajstić information content (AvgIpc) is 2.37. The second-order valence-electron chi connectivity index (χ2n) is 4.41. The Hall–Kier alpha value is -1.70. The van der Waals surface area contributed by atoms with Crippen molar-refractivity contribution >= 4 is 5.69 Å². The summed E-state index contributed by atoms with van der Waals surface area (Å²) in [5, 5.41) is 11.6. The van der Waals surface area contributed by atoms with E-state index in [4.69, 9.17) is 5.26 Å². The molecule has 1 aromatic rings. The number of benzene rings is 1. The van der Waals surface area contributed by atoms with Gasteiger partial charge in [-0.05, 0) is 31.0 Å². The summed E-state index contributed by atoms with van der Waals surface area (Å²) < 4.78 is 38.9. The monoisotopic (exact) mass is 270 g/mol. The third-order valence-corrected chi connectivity index (χ3v) is 2.94. The summed E-state index contributed by atoms with van der Waals surface area (Å²) in [6.07, 6.45) is -1.98. The summed E-state index contributed by atoms with van der Waals surface area (Å²) in [4.78, 5) is 0. The van der Waals surface area contributed by atoms with Crippen LogP contribution in [0.4, 0.5) is 18.9 Å². The fourth-order valence-corrected chi connectivity index (χ4v) is 1.92. The highest BCUT2D eigenvalue weighted by Crippen LogP contribution is 2.36. The zero-order chi connectivity index (χ0) is 14.5. The highest BCUT2D eigenvalue weighted by molar-refractivity contribution is 5.56. The number of hydrogen-bond acceptors (Lipinski definition) is 2. The largest absolute Gasteiger partial charge is 0.418 e. The van der Waals surface area contributed by atoms with E-state index in [1.54, 1.807) is 6.07 Å². The van der Waals surface area contributed by atoms with Crippen LogP contribution in [0.25, 0.3) is 0 Å². The zero-order valence-corrected chi connectivity index (χ0v) is 11.0. The van der Waals surface area contributed by atoms with Crippen molar-refractivity contribution < 1.29 is 13.2 Å². The Bertz CT molecular complexity index is 461. The minimum atomic E-state index is -4.46. The Labute approximate surface area is 111 Å². The maximum Gasteiger partial charge on any atom is 0.418 e. The second-order valence-corrected chi connectivity index (χ2v) is 4.41. The second kappa shape index (κ2) is 6.46. The van der Waals surface area contributed by atoms with Gasteiger partial charge in [0.15, 0.2) is 0 Å². The lowest BCUT2D eigenvalue weighted by Crippen LogP contribution is -2.21. The molecular formula is C14H17F3N2. The van der Waals surface area contributed by atoms with Crippen LogP contribution in [0.3, 0.4) is 0 Å². The molecule has 0 aromatic heterocycles. The van der Waals surface area contributed by atoms with Crippen molar-refractivity contribution in [2.24, 2.45) is 0 Å². The molecule has 1 atom stereocenters. The number of hydrogen-bond donors (Lipinski definition) is 1. The molecule has 1 rings (SSSR count). The Morgan fingerprint density at radius 1 is 1.32 bits per heavy atom. The normalized spacial score (nSPS) is 12.8.